The molecule has 0 saturated carbocycles. The summed E-state index contributed by atoms with van der Waals surface area (Å²) < 4.78 is 29.7. The summed E-state index contributed by atoms with van der Waals surface area (Å²) >= 11 is 0. The number of aryl methyl sites for hydroxylation is 3. The van der Waals surface area contributed by atoms with Crippen molar-refractivity contribution < 1.29 is 8.78 Å². The SMILES string of the molecule is Cc1ccc(F)c(C(N)CCc2c(C)nn(C)c2C)c1F. The molecule has 2 aromatic rings. The Labute approximate surface area is 123 Å². The number of nitrogens with zero attached hydrogens (tertiary/aromatic N) is 2. The minimum Gasteiger partial charge on any atom is -0.324 e. The van der Waals surface area contributed by atoms with E-state index in [1.165, 1.54) is 12.1 Å². The summed E-state index contributed by atoms with van der Waals surface area (Å²) in [5.41, 5.74) is 9.50. The first-order valence-corrected chi connectivity index (χ1v) is 7.02. The molecule has 2 rings (SSSR count). The van der Waals surface area contributed by atoms with Crippen molar-refractivity contribution in [3.05, 3.63) is 51.8 Å². The predicted molar refractivity (Wildman–Crippen MR) is 79.0 cm³/mol. The molecule has 3 nitrogen and oxygen atoms in total. The van der Waals surface area contributed by atoms with Gasteiger partial charge in [-0.15, -0.1) is 0 Å². The third-order valence-electron chi connectivity index (χ3n) is 4.05. The average Bonchev–Trinajstić information content (AvgIpc) is 2.66. The molecule has 1 heterocycles. The van der Waals surface area contributed by atoms with Gasteiger partial charge in [0.25, 0.3) is 0 Å². The summed E-state index contributed by atoms with van der Waals surface area (Å²) in [5, 5.41) is 4.34. The van der Waals surface area contributed by atoms with Crippen molar-refractivity contribution in [3.63, 3.8) is 0 Å². The van der Waals surface area contributed by atoms with Crippen LogP contribution in [0.3, 0.4) is 0 Å². The van der Waals surface area contributed by atoms with E-state index >= 15 is 0 Å². The molecule has 0 radical (unpaired) electrons. The van der Waals surface area contributed by atoms with Gasteiger partial charge >= 0.3 is 0 Å². The van der Waals surface area contributed by atoms with Crippen LogP contribution in [-0.2, 0) is 13.5 Å². The number of rotatable bonds is 4. The summed E-state index contributed by atoms with van der Waals surface area (Å²) in [6.07, 6.45) is 1.13. The third kappa shape index (κ3) is 2.97. The van der Waals surface area contributed by atoms with Crippen molar-refractivity contribution in [2.24, 2.45) is 12.8 Å². The van der Waals surface area contributed by atoms with Gasteiger partial charge in [0.1, 0.15) is 11.6 Å². The molecule has 0 aliphatic heterocycles. The van der Waals surface area contributed by atoms with Gasteiger partial charge in [-0.25, -0.2) is 8.78 Å². The van der Waals surface area contributed by atoms with Gasteiger partial charge in [-0.2, -0.15) is 5.10 Å². The number of aromatic nitrogens is 2. The molecular weight excluding hydrogens is 272 g/mol. The molecule has 0 bridgehead atoms. The number of halogens is 2. The highest BCUT2D eigenvalue weighted by Crippen LogP contribution is 2.26. The van der Waals surface area contributed by atoms with Crippen molar-refractivity contribution >= 4 is 0 Å². The Hall–Kier alpha value is -1.75. The number of nitrogens with two attached hydrogens (primary N) is 1. The minimum atomic E-state index is -0.663. The van der Waals surface area contributed by atoms with Crippen LogP contribution in [0.15, 0.2) is 12.1 Å². The van der Waals surface area contributed by atoms with Gasteiger partial charge in [0.05, 0.1) is 5.69 Å². The number of hydrogen-bond donors (Lipinski definition) is 1. The third-order valence-corrected chi connectivity index (χ3v) is 4.05. The lowest BCUT2D eigenvalue weighted by Crippen LogP contribution is -2.16. The van der Waals surface area contributed by atoms with Crippen molar-refractivity contribution in [3.8, 4) is 0 Å². The summed E-state index contributed by atoms with van der Waals surface area (Å²) in [5.74, 6) is -1.12. The number of hydrogen-bond acceptors (Lipinski definition) is 2. The molecule has 0 fully saturated rings. The van der Waals surface area contributed by atoms with Crippen LogP contribution in [0.25, 0.3) is 0 Å². The molecule has 0 aliphatic rings. The van der Waals surface area contributed by atoms with E-state index in [4.69, 9.17) is 5.73 Å². The maximum atomic E-state index is 14.1. The zero-order valence-corrected chi connectivity index (χ0v) is 12.9. The maximum absolute atomic E-state index is 14.1. The van der Waals surface area contributed by atoms with Gasteiger partial charge < -0.3 is 5.73 Å². The van der Waals surface area contributed by atoms with Crippen LogP contribution in [0.5, 0.6) is 0 Å². The van der Waals surface area contributed by atoms with Gasteiger partial charge in [-0.05, 0) is 50.8 Å². The van der Waals surface area contributed by atoms with Crippen LogP contribution < -0.4 is 5.73 Å². The monoisotopic (exact) mass is 293 g/mol. The first-order valence-electron chi connectivity index (χ1n) is 7.02. The smallest absolute Gasteiger partial charge is 0.133 e. The van der Waals surface area contributed by atoms with Crippen molar-refractivity contribution in [2.75, 3.05) is 0 Å². The topological polar surface area (TPSA) is 43.8 Å². The van der Waals surface area contributed by atoms with Gasteiger partial charge in [-0.3, -0.25) is 4.68 Å². The Kier molecular flexibility index (Phi) is 4.42. The molecular formula is C16H21F2N3. The van der Waals surface area contributed by atoms with E-state index in [0.717, 1.165) is 17.0 Å². The van der Waals surface area contributed by atoms with Crippen LogP contribution in [0.2, 0.25) is 0 Å². The molecule has 0 aliphatic carbocycles. The normalized spacial score (nSPS) is 12.7. The average molecular weight is 293 g/mol. The van der Waals surface area contributed by atoms with Crippen LogP contribution in [0, 0.1) is 32.4 Å². The molecule has 1 unspecified atom stereocenters. The highest BCUT2D eigenvalue weighted by molar-refractivity contribution is 5.30. The zero-order valence-electron chi connectivity index (χ0n) is 12.9. The maximum Gasteiger partial charge on any atom is 0.133 e. The fraction of sp³-hybridized carbons (Fsp3) is 0.438. The standard InChI is InChI=1S/C16H21F2N3/c1-9-5-7-13(17)15(16(9)18)14(19)8-6-12-10(2)20-21(4)11(12)3/h5,7,14H,6,8,19H2,1-4H3. The molecule has 1 aromatic carbocycles. The van der Waals surface area contributed by atoms with Gasteiger partial charge in [-0.1, -0.05) is 6.07 Å². The van der Waals surface area contributed by atoms with Crippen LogP contribution in [-0.4, -0.2) is 9.78 Å². The molecule has 1 atom stereocenters. The lowest BCUT2D eigenvalue weighted by molar-refractivity contribution is 0.508. The lowest BCUT2D eigenvalue weighted by atomic mass is 9.96. The van der Waals surface area contributed by atoms with Crippen LogP contribution in [0.4, 0.5) is 8.78 Å². The molecule has 1 aromatic heterocycles. The van der Waals surface area contributed by atoms with Gasteiger partial charge in [0.15, 0.2) is 0 Å². The summed E-state index contributed by atoms with van der Waals surface area (Å²) in [6.45, 7) is 5.52. The summed E-state index contributed by atoms with van der Waals surface area (Å²) in [6, 6.07) is 2.04. The van der Waals surface area contributed by atoms with E-state index in [1.54, 1.807) is 6.92 Å². The molecule has 5 heteroatoms. The van der Waals surface area contributed by atoms with Crippen molar-refractivity contribution in [2.45, 2.75) is 39.7 Å². The Balaban J connectivity index is 2.19. The van der Waals surface area contributed by atoms with E-state index in [2.05, 4.69) is 5.10 Å². The van der Waals surface area contributed by atoms with Crippen LogP contribution >= 0.6 is 0 Å². The van der Waals surface area contributed by atoms with Crippen molar-refractivity contribution in [1.29, 1.82) is 0 Å². The van der Waals surface area contributed by atoms with Gasteiger partial charge in [0, 0.05) is 24.3 Å². The summed E-state index contributed by atoms with van der Waals surface area (Å²) in [7, 11) is 1.88. The highest BCUT2D eigenvalue weighted by atomic mass is 19.1. The second-order valence-electron chi connectivity index (χ2n) is 5.51. The van der Waals surface area contributed by atoms with E-state index in [9.17, 15) is 8.78 Å². The molecule has 114 valence electrons. The predicted octanol–water partition coefficient (Wildman–Crippen LogP) is 3.26. The van der Waals surface area contributed by atoms with Gasteiger partial charge in [0.2, 0.25) is 0 Å². The van der Waals surface area contributed by atoms with E-state index in [1.807, 2.05) is 25.6 Å². The quantitative estimate of drug-likeness (QED) is 0.940. The molecule has 0 amide bonds. The number of benzene rings is 1. The second kappa shape index (κ2) is 5.93. The molecule has 2 N–H and O–H groups in total. The fourth-order valence-corrected chi connectivity index (χ4v) is 2.64. The van der Waals surface area contributed by atoms with E-state index in [0.29, 0.717) is 18.4 Å². The Morgan fingerprint density at radius 3 is 2.48 bits per heavy atom. The minimum absolute atomic E-state index is 0.0193. The zero-order chi connectivity index (χ0) is 15.7. The first-order chi connectivity index (χ1) is 9.82. The Morgan fingerprint density at radius 2 is 1.90 bits per heavy atom. The van der Waals surface area contributed by atoms with E-state index < -0.39 is 17.7 Å². The van der Waals surface area contributed by atoms with Crippen LogP contribution in [0.1, 0.15) is 40.5 Å². The highest BCUT2D eigenvalue weighted by Gasteiger charge is 2.19. The largest absolute Gasteiger partial charge is 0.324 e. The molecule has 0 saturated heterocycles. The van der Waals surface area contributed by atoms with Crippen molar-refractivity contribution in [1.82, 2.24) is 9.78 Å². The Morgan fingerprint density at radius 1 is 1.24 bits per heavy atom. The molecule has 21 heavy (non-hydrogen) atoms. The van der Waals surface area contributed by atoms with E-state index in [-0.39, 0.29) is 5.56 Å². The first kappa shape index (κ1) is 15.6. The summed E-state index contributed by atoms with van der Waals surface area (Å²) in [4.78, 5) is 0. The second-order valence-corrected chi connectivity index (χ2v) is 5.51. The fourth-order valence-electron chi connectivity index (χ4n) is 2.64. The Bertz CT molecular complexity index is 662. The molecule has 0 spiro atoms. The lowest BCUT2D eigenvalue weighted by Gasteiger charge is -2.15.